The number of benzene rings is 1. The number of aromatic nitrogens is 2. The molecule has 0 unspecified atom stereocenters. The van der Waals surface area contributed by atoms with Crippen molar-refractivity contribution < 1.29 is 0 Å². The fourth-order valence-corrected chi connectivity index (χ4v) is 2.62. The normalized spacial score (nSPS) is 9.09. The Kier molecular flexibility index (Phi) is 4.01. The number of anilines is 1. The van der Waals surface area contributed by atoms with Crippen LogP contribution in [0.4, 0.5) is 11.4 Å². The molecule has 1 aromatic heterocycles. The molecule has 0 fully saturated rings. The van der Waals surface area contributed by atoms with Gasteiger partial charge in [-0.1, -0.05) is 0 Å². The van der Waals surface area contributed by atoms with Crippen LogP contribution in [0.2, 0.25) is 0 Å². The predicted molar refractivity (Wildman–Crippen MR) is 79.8 cm³/mol. The summed E-state index contributed by atoms with van der Waals surface area (Å²) < 4.78 is 11.6. The molecule has 0 aliphatic heterocycles. The van der Waals surface area contributed by atoms with Gasteiger partial charge in [0, 0.05) is 12.4 Å². The smallest absolute Gasteiger partial charge is 0.141 e. The summed E-state index contributed by atoms with van der Waals surface area (Å²) in [5.74, 6) is 0. The summed E-state index contributed by atoms with van der Waals surface area (Å²) in [5, 5.41) is 36.4. The highest BCUT2D eigenvalue weighted by Gasteiger charge is 2.18. The van der Waals surface area contributed by atoms with E-state index in [0.29, 0.717) is 0 Å². The van der Waals surface area contributed by atoms with Crippen LogP contribution in [0.5, 0.6) is 0 Å². The summed E-state index contributed by atoms with van der Waals surface area (Å²) in [7, 11) is 0. The maximum atomic E-state index is 9.08. The fraction of sp³-hybridized carbons (Fsp3) is 0. The Morgan fingerprint density at radius 1 is 0.955 bits per heavy atom. The van der Waals surface area contributed by atoms with Crippen molar-refractivity contribution in [3.63, 3.8) is 0 Å². The van der Waals surface area contributed by atoms with Gasteiger partial charge in [-0.3, -0.25) is 0 Å². The lowest BCUT2D eigenvalue weighted by molar-refractivity contribution is 1.44. The summed E-state index contributed by atoms with van der Waals surface area (Å²) in [5.41, 5.74) is 5.54. The van der Waals surface area contributed by atoms with Crippen LogP contribution in [0.3, 0.4) is 0 Å². The standard InChI is InChI=1S/C12H2N8S2/c13-1-5(2-14)7-9(17)10(18-21)8(6(3-15)4-16)12-11(7)19-22-20-12/h17H2. The molecule has 0 radical (unpaired) electrons. The third kappa shape index (κ3) is 2.02. The lowest BCUT2D eigenvalue weighted by Crippen LogP contribution is -2.21. The van der Waals surface area contributed by atoms with Crippen molar-refractivity contribution in [2.24, 2.45) is 4.36 Å². The number of nitrogens with two attached hydrogens (primary N) is 1. The van der Waals surface area contributed by atoms with Crippen LogP contribution >= 0.6 is 11.7 Å². The molecule has 0 saturated carbocycles. The lowest BCUT2D eigenvalue weighted by atomic mass is 10.0. The quantitative estimate of drug-likeness (QED) is 0.719. The van der Waals surface area contributed by atoms with Crippen molar-refractivity contribution in [1.29, 1.82) is 21.0 Å². The highest BCUT2D eigenvalue weighted by Crippen LogP contribution is 2.19. The van der Waals surface area contributed by atoms with Crippen LogP contribution in [-0.2, 0) is 12.4 Å². The van der Waals surface area contributed by atoms with Gasteiger partial charge in [0.2, 0.25) is 0 Å². The number of nitrogen functional groups attached to an aromatic ring is 1. The fourth-order valence-electron chi connectivity index (χ4n) is 1.87. The number of nitriles is 4. The molecule has 22 heavy (non-hydrogen) atoms. The van der Waals surface area contributed by atoms with E-state index in [1.807, 2.05) is 0 Å². The van der Waals surface area contributed by atoms with Gasteiger partial charge in [-0.15, -0.1) is 0 Å². The van der Waals surface area contributed by atoms with Crippen molar-refractivity contribution in [3.05, 3.63) is 10.4 Å². The highest BCUT2D eigenvalue weighted by atomic mass is 32.1. The van der Waals surface area contributed by atoms with E-state index in [9.17, 15) is 0 Å². The topological polar surface area (TPSA) is 159 Å². The first-order valence-corrected chi connectivity index (χ1v) is 6.50. The minimum atomic E-state index is -0.282. The summed E-state index contributed by atoms with van der Waals surface area (Å²) >= 11 is 5.45. The Bertz CT molecular complexity index is 1070. The van der Waals surface area contributed by atoms with Crippen molar-refractivity contribution in [1.82, 2.24) is 8.75 Å². The molecular formula is C12H2N8S2. The van der Waals surface area contributed by atoms with Crippen LogP contribution in [-0.4, -0.2) is 8.75 Å². The molecule has 102 valence electrons. The predicted octanol–water partition coefficient (Wildman–Crippen LogP) is 0.0312. The molecule has 0 saturated heterocycles. The monoisotopic (exact) mass is 322 g/mol. The van der Waals surface area contributed by atoms with E-state index in [1.165, 1.54) is 0 Å². The Labute approximate surface area is 132 Å². The minimum absolute atomic E-state index is 0.0497. The average molecular weight is 322 g/mol. The Balaban J connectivity index is 3.43. The Morgan fingerprint density at radius 2 is 1.41 bits per heavy atom. The molecule has 2 N–H and O–H groups in total. The van der Waals surface area contributed by atoms with Gasteiger partial charge in [0.1, 0.15) is 52.1 Å². The second-order valence-electron chi connectivity index (χ2n) is 3.76. The molecule has 0 aliphatic rings. The average Bonchev–Trinajstić information content (AvgIpc) is 3.01. The molecule has 2 rings (SSSR count). The molecule has 0 amide bonds. The first-order chi connectivity index (χ1) is 10.6. The van der Waals surface area contributed by atoms with E-state index >= 15 is 0 Å². The molecule has 0 aliphatic carbocycles. The molecule has 1 aromatic carbocycles. The largest absolute Gasteiger partial charge is 0.396 e. The van der Waals surface area contributed by atoms with Gasteiger partial charge >= 0.3 is 0 Å². The Hall–Kier alpha value is -3.44. The maximum Gasteiger partial charge on any atom is 0.141 e. The molecule has 0 bridgehead atoms. The van der Waals surface area contributed by atoms with E-state index < -0.39 is 0 Å². The van der Waals surface area contributed by atoms with Crippen LogP contribution in [0.25, 0.3) is 22.2 Å². The third-order valence-electron chi connectivity index (χ3n) is 2.76. The van der Waals surface area contributed by atoms with Crippen molar-refractivity contribution >= 4 is 57.7 Å². The summed E-state index contributed by atoms with van der Waals surface area (Å²) in [6, 6.07) is 6.88. The zero-order chi connectivity index (χ0) is 16.3. The van der Waals surface area contributed by atoms with Crippen LogP contribution in [0.1, 0.15) is 0 Å². The van der Waals surface area contributed by atoms with E-state index in [1.54, 1.807) is 24.3 Å². The number of rotatable bonds is 1. The van der Waals surface area contributed by atoms with Crippen LogP contribution in [0.15, 0.2) is 4.36 Å². The number of nitrogens with zero attached hydrogens (tertiary/aromatic N) is 7. The molecule has 2 aromatic rings. The first kappa shape index (κ1) is 15.0. The SMILES string of the molecule is N#CC(C#N)=c1c(N)c(N=S)c(=C(C#N)C#N)c2nsnc12. The van der Waals surface area contributed by atoms with Crippen LogP contribution < -0.4 is 16.2 Å². The molecule has 8 nitrogen and oxygen atoms in total. The zero-order valence-corrected chi connectivity index (χ0v) is 12.2. The second kappa shape index (κ2) is 5.90. The summed E-state index contributed by atoms with van der Waals surface area (Å²) in [6.45, 7) is 0. The van der Waals surface area contributed by atoms with E-state index in [4.69, 9.17) is 26.8 Å². The van der Waals surface area contributed by atoms with Gasteiger partial charge in [-0.25, -0.2) is 0 Å². The molecular weight excluding hydrogens is 320 g/mol. The van der Waals surface area contributed by atoms with Gasteiger partial charge in [0.15, 0.2) is 0 Å². The van der Waals surface area contributed by atoms with Gasteiger partial charge in [0.05, 0.1) is 27.9 Å². The van der Waals surface area contributed by atoms with Gasteiger partial charge in [-0.2, -0.15) is 34.2 Å². The zero-order valence-electron chi connectivity index (χ0n) is 10.5. The van der Waals surface area contributed by atoms with Gasteiger partial charge in [-0.05, 0) is 0 Å². The van der Waals surface area contributed by atoms with Gasteiger partial charge < -0.3 is 5.73 Å². The highest BCUT2D eigenvalue weighted by molar-refractivity contribution is 7.47. The van der Waals surface area contributed by atoms with E-state index in [0.717, 1.165) is 11.7 Å². The van der Waals surface area contributed by atoms with Crippen LogP contribution in [0, 0.1) is 45.3 Å². The number of hydrogen-bond donors (Lipinski definition) is 1. The summed E-state index contributed by atoms with van der Waals surface area (Å²) in [4.78, 5) is 0. The Morgan fingerprint density at radius 3 is 1.86 bits per heavy atom. The van der Waals surface area contributed by atoms with Crippen molar-refractivity contribution in [2.75, 3.05) is 5.73 Å². The van der Waals surface area contributed by atoms with E-state index in [-0.39, 0.29) is 44.0 Å². The van der Waals surface area contributed by atoms with Crippen molar-refractivity contribution in [2.45, 2.75) is 0 Å². The van der Waals surface area contributed by atoms with E-state index in [2.05, 4.69) is 25.5 Å². The van der Waals surface area contributed by atoms with Gasteiger partial charge in [0.25, 0.3) is 0 Å². The second-order valence-corrected chi connectivity index (χ2v) is 4.47. The molecule has 10 heteroatoms. The first-order valence-electron chi connectivity index (χ1n) is 5.40. The number of hydrogen-bond acceptors (Lipinski definition) is 10. The molecule has 1 heterocycles. The third-order valence-corrected chi connectivity index (χ3v) is 3.47. The minimum Gasteiger partial charge on any atom is -0.396 e. The summed E-state index contributed by atoms with van der Waals surface area (Å²) in [6.07, 6.45) is 0. The lowest BCUT2D eigenvalue weighted by Gasteiger charge is -2.03. The molecule has 0 spiro atoms. The maximum absolute atomic E-state index is 9.08. The number of fused-ring (bicyclic) bond motifs is 1. The molecule has 0 atom stereocenters. The van der Waals surface area contributed by atoms with Crippen molar-refractivity contribution in [3.8, 4) is 24.3 Å².